The first-order valence-electron chi connectivity index (χ1n) is 5.61. The SMILES string of the molecule is O=C1CCCN1c1ccc(Br)c2cccnc12. The predicted octanol–water partition coefficient (Wildman–Crippen LogP) is 3.12. The molecule has 0 saturated carbocycles. The number of rotatable bonds is 1. The lowest BCUT2D eigenvalue weighted by atomic mass is 10.2. The number of benzene rings is 1. The number of carbonyl (C=O) groups excluding carboxylic acids is 1. The van der Waals surface area contributed by atoms with Crippen LogP contribution < -0.4 is 4.90 Å². The Labute approximate surface area is 108 Å². The Morgan fingerprint density at radius 2 is 2.18 bits per heavy atom. The first-order valence-corrected chi connectivity index (χ1v) is 6.40. The summed E-state index contributed by atoms with van der Waals surface area (Å²) in [6.45, 7) is 0.798. The molecule has 0 aliphatic carbocycles. The molecular weight excluding hydrogens is 280 g/mol. The predicted molar refractivity (Wildman–Crippen MR) is 71.0 cm³/mol. The maximum Gasteiger partial charge on any atom is 0.227 e. The number of hydrogen-bond acceptors (Lipinski definition) is 2. The van der Waals surface area contributed by atoms with Gasteiger partial charge in [0, 0.05) is 29.0 Å². The van der Waals surface area contributed by atoms with E-state index in [4.69, 9.17) is 0 Å². The molecule has 0 atom stereocenters. The second-order valence-corrected chi connectivity index (χ2v) is 4.97. The van der Waals surface area contributed by atoms with Crippen LogP contribution in [0.5, 0.6) is 0 Å². The molecule has 4 heteroatoms. The number of halogens is 1. The zero-order chi connectivity index (χ0) is 11.8. The molecule has 0 unspecified atom stereocenters. The van der Waals surface area contributed by atoms with Gasteiger partial charge in [0.1, 0.15) is 0 Å². The van der Waals surface area contributed by atoms with E-state index in [1.165, 1.54) is 0 Å². The van der Waals surface area contributed by atoms with Crippen molar-refractivity contribution in [3.8, 4) is 0 Å². The molecule has 2 aromatic rings. The number of nitrogens with zero attached hydrogens (tertiary/aromatic N) is 2. The second-order valence-electron chi connectivity index (χ2n) is 4.12. The molecule has 0 radical (unpaired) electrons. The fourth-order valence-corrected chi connectivity index (χ4v) is 2.70. The Bertz CT molecular complexity index is 597. The molecule has 1 aliphatic rings. The number of aromatic nitrogens is 1. The van der Waals surface area contributed by atoms with E-state index in [1.54, 1.807) is 6.20 Å². The summed E-state index contributed by atoms with van der Waals surface area (Å²) in [5.74, 6) is 0.194. The van der Waals surface area contributed by atoms with Gasteiger partial charge in [-0.1, -0.05) is 22.0 Å². The van der Waals surface area contributed by atoms with Crippen molar-refractivity contribution in [3.05, 3.63) is 34.9 Å². The Morgan fingerprint density at radius 3 is 2.94 bits per heavy atom. The van der Waals surface area contributed by atoms with E-state index in [2.05, 4.69) is 20.9 Å². The highest BCUT2D eigenvalue weighted by Gasteiger charge is 2.23. The van der Waals surface area contributed by atoms with Crippen LogP contribution in [0.1, 0.15) is 12.8 Å². The van der Waals surface area contributed by atoms with E-state index in [0.717, 1.165) is 34.0 Å². The van der Waals surface area contributed by atoms with E-state index >= 15 is 0 Å². The Balaban J connectivity index is 2.23. The normalized spacial score (nSPS) is 15.8. The van der Waals surface area contributed by atoms with Crippen LogP contribution in [0.4, 0.5) is 5.69 Å². The van der Waals surface area contributed by atoms with Gasteiger partial charge in [-0.25, -0.2) is 0 Å². The van der Waals surface area contributed by atoms with E-state index < -0.39 is 0 Å². The average Bonchev–Trinajstić information content (AvgIpc) is 2.77. The molecule has 17 heavy (non-hydrogen) atoms. The lowest BCUT2D eigenvalue weighted by Crippen LogP contribution is -2.24. The van der Waals surface area contributed by atoms with Crippen LogP contribution in [0.2, 0.25) is 0 Å². The van der Waals surface area contributed by atoms with Crippen LogP contribution in [0.15, 0.2) is 34.9 Å². The fourth-order valence-electron chi connectivity index (χ4n) is 2.24. The van der Waals surface area contributed by atoms with Crippen LogP contribution in [0.25, 0.3) is 10.9 Å². The van der Waals surface area contributed by atoms with Crippen LogP contribution >= 0.6 is 15.9 Å². The number of anilines is 1. The van der Waals surface area contributed by atoms with E-state index in [-0.39, 0.29) is 5.91 Å². The molecule has 1 aliphatic heterocycles. The molecule has 1 amide bonds. The largest absolute Gasteiger partial charge is 0.310 e. The lowest BCUT2D eigenvalue weighted by molar-refractivity contribution is -0.117. The van der Waals surface area contributed by atoms with Crippen molar-refractivity contribution < 1.29 is 4.79 Å². The number of carbonyl (C=O) groups is 1. The lowest BCUT2D eigenvalue weighted by Gasteiger charge is -2.17. The van der Waals surface area contributed by atoms with Crippen molar-refractivity contribution in [2.45, 2.75) is 12.8 Å². The minimum absolute atomic E-state index is 0.194. The van der Waals surface area contributed by atoms with Gasteiger partial charge in [0.25, 0.3) is 0 Å². The quantitative estimate of drug-likeness (QED) is 0.808. The van der Waals surface area contributed by atoms with Crippen molar-refractivity contribution in [2.75, 3.05) is 11.4 Å². The van der Waals surface area contributed by atoms with Crippen LogP contribution in [-0.4, -0.2) is 17.4 Å². The van der Waals surface area contributed by atoms with Crippen molar-refractivity contribution in [1.29, 1.82) is 0 Å². The molecule has 1 aromatic heterocycles. The van der Waals surface area contributed by atoms with Gasteiger partial charge >= 0.3 is 0 Å². The van der Waals surface area contributed by atoms with Crippen molar-refractivity contribution in [3.63, 3.8) is 0 Å². The van der Waals surface area contributed by atoms with Crippen molar-refractivity contribution in [1.82, 2.24) is 4.98 Å². The zero-order valence-corrected chi connectivity index (χ0v) is 10.8. The van der Waals surface area contributed by atoms with Gasteiger partial charge in [0.05, 0.1) is 11.2 Å². The molecule has 1 fully saturated rings. The van der Waals surface area contributed by atoms with E-state index in [9.17, 15) is 4.79 Å². The smallest absolute Gasteiger partial charge is 0.227 e. The first-order chi connectivity index (χ1) is 8.27. The van der Waals surface area contributed by atoms with Crippen molar-refractivity contribution in [2.24, 2.45) is 0 Å². The maximum atomic E-state index is 11.8. The summed E-state index contributed by atoms with van der Waals surface area (Å²) >= 11 is 3.51. The third-order valence-corrected chi connectivity index (χ3v) is 3.75. The third kappa shape index (κ3) is 1.72. The monoisotopic (exact) mass is 290 g/mol. The summed E-state index contributed by atoms with van der Waals surface area (Å²) in [6.07, 6.45) is 3.34. The molecule has 1 saturated heterocycles. The summed E-state index contributed by atoms with van der Waals surface area (Å²) in [4.78, 5) is 18.0. The third-order valence-electron chi connectivity index (χ3n) is 3.06. The molecule has 0 N–H and O–H groups in total. The molecular formula is C13H11BrN2O. The van der Waals surface area contributed by atoms with Crippen LogP contribution in [-0.2, 0) is 4.79 Å². The Kier molecular flexibility index (Phi) is 2.59. The Hall–Kier alpha value is -1.42. The molecule has 3 rings (SSSR count). The molecule has 0 spiro atoms. The second kappa shape index (κ2) is 4.11. The van der Waals surface area contributed by atoms with Gasteiger partial charge in [-0.15, -0.1) is 0 Å². The number of fused-ring (bicyclic) bond motifs is 1. The number of hydrogen-bond donors (Lipinski definition) is 0. The van der Waals surface area contributed by atoms with Crippen LogP contribution in [0, 0.1) is 0 Å². The van der Waals surface area contributed by atoms with Crippen molar-refractivity contribution >= 4 is 38.4 Å². The van der Waals surface area contributed by atoms with Gasteiger partial charge in [-0.2, -0.15) is 0 Å². The van der Waals surface area contributed by atoms with Gasteiger partial charge in [-0.05, 0) is 24.6 Å². The van der Waals surface area contributed by atoms with Gasteiger partial charge in [0.15, 0.2) is 0 Å². The fraction of sp³-hybridized carbons (Fsp3) is 0.231. The summed E-state index contributed by atoms with van der Waals surface area (Å²) in [7, 11) is 0. The summed E-state index contributed by atoms with van der Waals surface area (Å²) in [5, 5.41) is 1.05. The highest BCUT2D eigenvalue weighted by atomic mass is 79.9. The average molecular weight is 291 g/mol. The molecule has 3 nitrogen and oxygen atoms in total. The van der Waals surface area contributed by atoms with Gasteiger partial charge < -0.3 is 4.90 Å². The van der Waals surface area contributed by atoms with E-state index in [0.29, 0.717) is 6.42 Å². The Morgan fingerprint density at radius 1 is 1.29 bits per heavy atom. The maximum absolute atomic E-state index is 11.8. The number of amides is 1. The van der Waals surface area contributed by atoms with Gasteiger partial charge in [0.2, 0.25) is 5.91 Å². The van der Waals surface area contributed by atoms with Gasteiger partial charge in [-0.3, -0.25) is 9.78 Å². The summed E-state index contributed by atoms with van der Waals surface area (Å²) < 4.78 is 1.01. The standard InChI is InChI=1S/C13H11BrN2O/c14-10-5-6-11(16-8-2-4-12(16)17)13-9(10)3-1-7-15-13/h1,3,5-7H,2,4,8H2. The highest BCUT2D eigenvalue weighted by Crippen LogP contribution is 2.32. The molecule has 1 aromatic carbocycles. The van der Waals surface area contributed by atoms with E-state index in [1.807, 2.05) is 29.2 Å². The first kappa shape index (κ1) is 10.7. The van der Waals surface area contributed by atoms with Crippen LogP contribution in [0.3, 0.4) is 0 Å². The number of pyridine rings is 1. The highest BCUT2D eigenvalue weighted by molar-refractivity contribution is 9.10. The molecule has 86 valence electrons. The minimum atomic E-state index is 0.194. The molecule has 2 heterocycles. The minimum Gasteiger partial charge on any atom is -0.310 e. The topological polar surface area (TPSA) is 33.2 Å². The summed E-state index contributed by atoms with van der Waals surface area (Å²) in [5.41, 5.74) is 1.81. The summed E-state index contributed by atoms with van der Waals surface area (Å²) in [6, 6.07) is 7.85. The zero-order valence-electron chi connectivity index (χ0n) is 9.19. The molecule has 0 bridgehead atoms.